The summed E-state index contributed by atoms with van der Waals surface area (Å²) in [4.78, 5) is 58.7. The van der Waals surface area contributed by atoms with Crippen LogP contribution in [-0.2, 0) is 19.0 Å². The number of hydrogen-bond acceptors (Lipinski definition) is 8. The molecule has 0 radical (unpaired) electrons. The number of amides is 3. The SMILES string of the molecule is COC(=O)c1ccc(C(=O)OC)c(NC(=O)COC(=O)c2ccc(NC(N)=O)cc2)c1. The van der Waals surface area contributed by atoms with Crippen molar-refractivity contribution >= 4 is 41.2 Å². The quantitative estimate of drug-likeness (QED) is 0.441. The highest BCUT2D eigenvalue weighted by atomic mass is 16.5. The third kappa shape index (κ3) is 6.29. The van der Waals surface area contributed by atoms with Gasteiger partial charge in [-0.25, -0.2) is 19.2 Å². The van der Waals surface area contributed by atoms with Crippen molar-refractivity contribution in [3.8, 4) is 0 Å². The van der Waals surface area contributed by atoms with Crippen molar-refractivity contribution in [2.45, 2.75) is 0 Å². The molecule has 0 aromatic heterocycles. The zero-order chi connectivity index (χ0) is 23.0. The fourth-order valence-electron chi connectivity index (χ4n) is 2.41. The number of anilines is 2. The standard InChI is InChI=1S/C20H19N3O8/c1-29-17(25)12-5-8-14(19(27)30-2)15(9-12)23-16(24)10-31-18(26)11-3-6-13(7-4-11)22-20(21)28/h3-9H,10H2,1-2H3,(H,23,24)(H3,21,22,28). The number of esters is 3. The zero-order valence-corrected chi connectivity index (χ0v) is 16.6. The van der Waals surface area contributed by atoms with Crippen LogP contribution in [0.1, 0.15) is 31.1 Å². The van der Waals surface area contributed by atoms with E-state index in [0.717, 1.165) is 7.11 Å². The summed E-state index contributed by atoms with van der Waals surface area (Å²) in [5, 5.41) is 4.73. The number of primary amides is 1. The first-order valence-corrected chi connectivity index (χ1v) is 8.69. The molecule has 11 nitrogen and oxygen atoms in total. The van der Waals surface area contributed by atoms with Crippen molar-refractivity contribution in [2.24, 2.45) is 5.73 Å². The molecule has 4 N–H and O–H groups in total. The molecular formula is C20H19N3O8. The number of rotatable bonds is 7. The van der Waals surface area contributed by atoms with Gasteiger partial charge in [0.1, 0.15) is 0 Å². The van der Waals surface area contributed by atoms with E-state index in [1.807, 2.05) is 0 Å². The van der Waals surface area contributed by atoms with Gasteiger partial charge in [-0.15, -0.1) is 0 Å². The molecule has 3 amide bonds. The molecule has 162 valence electrons. The fraction of sp³-hybridized carbons (Fsp3) is 0.150. The Labute approximate surface area is 176 Å². The molecule has 2 aromatic rings. The third-order valence-corrected chi connectivity index (χ3v) is 3.84. The lowest BCUT2D eigenvalue weighted by Gasteiger charge is -2.12. The number of benzene rings is 2. The lowest BCUT2D eigenvalue weighted by Crippen LogP contribution is -2.23. The molecule has 2 rings (SSSR count). The molecule has 0 saturated carbocycles. The topological polar surface area (TPSA) is 163 Å². The lowest BCUT2D eigenvalue weighted by atomic mass is 10.1. The largest absolute Gasteiger partial charge is 0.465 e. The minimum Gasteiger partial charge on any atom is -0.465 e. The molecule has 0 fully saturated rings. The second kappa shape index (κ2) is 10.4. The Hall–Kier alpha value is -4.41. The monoisotopic (exact) mass is 429 g/mol. The van der Waals surface area contributed by atoms with Gasteiger partial charge in [-0.1, -0.05) is 0 Å². The van der Waals surface area contributed by atoms with Crippen LogP contribution in [0.3, 0.4) is 0 Å². The summed E-state index contributed by atoms with van der Waals surface area (Å²) in [7, 11) is 2.35. The van der Waals surface area contributed by atoms with E-state index in [-0.39, 0.29) is 22.4 Å². The van der Waals surface area contributed by atoms with Crippen LogP contribution in [-0.4, -0.2) is 50.7 Å². The first-order valence-electron chi connectivity index (χ1n) is 8.69. The fourth-order valence-corrected chi connectivity index (χ4v) is 2.41. The van der Waals surface area contributed by atoms with Crippen LogP contribution in [0.25, 0.3) is 0 Å². The molecule has 11 heteroatoms. The Morgan fingerprint density at radius 1 is 0.806 bits per heavy atom. The number of methoxy groups -OCH3 is 2. The van der Waals surface area contributed by atoms with Crippen LogP contribution in [0.2, 0.25) is 0 Å². The third-order valence-electron chi connectivity index (χ3n) is 3.84. The highest BCUT2D eigenvalue weighted by Gasteiger charge is 2.18. The average molecular weight is 429 g/mol. The number of ether oxygens (including phenoxy) is 3. The second-order valence-corrected chi connectivity index (χ2v) is 5.93. The molecule has 2 aromatic carbocycles. The number of carbonyl (C=O) groups is 5. The smallest absolute Gasteiger partial charge is 0.339 e. The van der Waals surface area contributed by atoms with Crippen LogP contribution in [0, 0.1) is 0 Å². The molecule has 0 aliphatic heterocycles. The van der Waals surface area contributed by atoms with E-state index in [2.05, 4.69) is 20.1 Å². The number of hydrogen-bond donors (Lipinski definition) is 3. The van der Waals surface area contributed by atoms with E-state index in [0.29, 0.717) is 5.69 Å². The molecule has 0 saturated heterocycles. The van der Waals surface area contributed by atoms with Gasteiger partial charge >= 0.3 is 23.9 Å². The first kappa shape index (κ1) is 22.9. The van der Waals surface area contributed by atoms with Crippen molar-refractivity contribution < 1.29 is 38.2 Å². The van der Waals surface area contributed by atoms with E-state index in [1.54, 1.807) is 0 Å². The second-order valence-electron chi connectivity index (χ2n) is 5.93. The zero-order valence-electron chi connectivity index (χ0n) is 16.6. The molecule has 0 heterocycles. The van der Waals surface area contributed by atoms with E-state index in [1.165, 1.54) is 49.6 Å². The summed E-state index contributed by atoms with van der Waals surface area (Å²) < 4.78 is 14.2. The van der Waals surface area contributed by atoms with E-state index >= 15 is 0 Å². The van der Waals surface area contributed by atoms with Crippen molar-refractivity contribution in [3.63, 3.8) is 0 Å². The number of urea groups is 1. The molecule has 31 heavy (non-hydrogen) atoms. The molecule has 0 atom stereocenters. The van der Waals surface area contributed by atoms with E-state index in [9.17, 15) is 24.0 Å². The Morgan fingerprint density at radius 2 is 1.42 bits per heavy atom. The Bertz CT molecular complexity index is 1020. The maximum absolute atomic E-state index is 12.2. The maximum atomic E-state index is 12.2. The summed E-state index contributed by atoms with van der Waals surface area (Å²) in [5.41, 5.74) is 5.57. The number of nitrogens with one attached hydrogen (secondary N) is 2. The minimum atomic E-state index is -0.794. The normalized spacial score (nSPS) is 9.87. The highest BCUT2D eigenvalue weighted by Crippen LogP contribution is 2.20. The van der Waals surface area contributed by atoms with Gasteiger partial charge in [-0.2, -0.15) is 0 Å². The van der Waals surface area contributed by atoms with Crippen LogP contribution < -0.4 is 16.4 Å². The summed E-state index contributed by atoms with van der Waals surface area (Å²) >= 11 is 0. The summed E-state index contributed by atoms with van der Waals surface area (Å²) in [6, 6.07) is 8.73. The highest BCUT2D eigenvalue weighted by molar-refractivity contribution is 6.04. The maximum Gasteiger partial charge on any atom is 0.339 e. The number of nitrogens with two attached hydrogens (primary N) is 1. The van der Waals surface area contributed by atoms with Crippen molar-refractivity contribution in [1.29, 1.82) is 0 Å². The molecule has 0 unspecified atom stereocenters. The summed E-state index contributed by atoms with van der Waals surface area (Å²) in [6.45, 7) is -0.664. The molecule has 0 aliphatic carbocycles. The van der Waals surface area contributed by atoms with E-state index in [4.69, 9.17) is 10.5 Å². The Kier molecular flexibility index (Phi) is 7.67. The van der Waals surface area contributed by atoms with Crippen LogP contribution in [0.5, 0.6) is 0 Å². The predicted molar refractivity (Wildman–Crippen MR) is 108 cm³/mol. The van der Waals surface area contributed by atoms with Crippen LogP contribution >= 0.6 is 0 Å². The minimum absolute atomic E-state index is 0.00707. The molecule has 0 bridgehead atoms. The van der Waals surface area contributed by atoms with Crippen molar-refractivity contribution in [3.05, 3.63) is 59.2 Å². The lowest BCUT2D eigenvalue weighted by molar-refractivity contribution is -0.119. The first-order chi connectivity index (χ1) is 14.7. The van der Waals surface area contributed by atoms with Gasteiger partial charge in [0.05, 0.1) is 36.6 Å². The van der Waals surface area contributed by atoms with E-state index < -0.39 is 36.5 Å². The summed E-state index contributed by atoms with van der Waals surface area (Å²) in [6.07, 6.45) is 0. The van der Waals surface area contributed by atoms with Crippen LogP contribution in [0.15, 0.2) is 42.5 Å². The van der Waals surface area contributed by atoms with Crippen molar-refractivity contribution in [2.75, 3.05) is 31.5 Å². The van der Waals surface area contributed by atoms with Crippen LogP contribution in [0.4, 0.5) is 16.2 Å². The van der Waals surface area contributed by atoms with Crippen molar-refractivity contribution in [1.82, 2.24) is 0 Å². The Morgan fingerprint density at radius 3 is 2.00 bits per heavy atom. The molecule has 0 spiro atoms. The van der Waals surface area contributed by atoms with Gasteiger partial charge in [0.2, 0.25) is 0 Å². The van der Waals surface area contributed by atoms with Gasteiger partial charge in [-0.05, 0) is 42.5 Å². The Balaban J connectivity index is 2.06. The van der Waals surface area contributed by atoms with Gasteiger partial charge in [0.15, 0.2) is 6.61 Å². The number of carbonyl (C=O) groups excluding carboxylic acids is 5. The van der Waals surface area contributed by atoms with Gasteiger partial charge in [-0.3, -0.25) is 4.79 Å². The molecular weight excluding hydrogens is 410 g/mol. The van der Waals surface area contributed by atoms with Gasteiger partial charge in [0.25, 0.3) is 5.91 Å². The van der Waals surface area contributed by atoms with Gasteiger partial charge in [0, 0.05) is 5.69 Å². The predicted octanol–water partition coefficient (Wildman–Crippen LogP) is 1.55. The average Bonchev–Trinajstić information content (AvgIpc) is 2.76. The van der Waals surface area contributed by atoms with Gasteiger partial charge < -0.3 is 30.6 Å². The molecule has 0 aliphatic rings. The summed E-state index contributed by atoms with van der Waals surface area (Å²) in [5.74, 6) is -2.97.